The van der Waals surface area contributed by atoms with E-state index in [-0.39, 0.29) is 0 Å². The highest BCUT2D eigenvalue weighted by molar-refractivity contribution is 5.33. The fourth-order valence-corrected chi connectivity index (χ4v) is 4.93. The van der Waals surface area contributed by atoms with Crippen molar-refractivity contribution in [2.24, 2.45) is 5.41 Å². The molecule has 0 unspecified atom stereocenters. The van der Waals surface area contributed by atoms with E-state index in [0.717, 1.165) is 31.9 Å². The largest absolute Gasteiger partial charge is 0.492 e. The lowest BCUT2D eigenvalue weighted by molar-refractivity contribution is 0.0829. The van der Waals surface area contributed by atoms with E-state index in [1.807, 2.05) is 0 Å². The average molecular weight is 379 g/mol. The molecule has 1 N–H and O–H groups in total. The number of fused-ring (bicyclic) bond motifs is 1. The van der Waals surface area contributed by atoms with E-state index >= 15 is 0 Å². The molecule has 0 saturated carbocycles. The quantitative estimate of drug-likeness (QED) is 0.822. The zero-order valence-electron chi connectivity index (χ0n) is 17.0. The monoisotopic (exact) mass is 378 g/mol. The zero-order valence-corrected chi connectivity index (χ0v) is 17.0. The Morgan fingerprint density at radius 3 is 2.54 bits per heavy atom. The Morgan fingerprint density at radius 1 is 0.893 bits per heavy atom. The van der Waals surface area contributed by atoms with Gasteiger partial charge >= 0.3 is 0 Å². The smallest absolute Gasteiger partial charge is 0.122 e. The second-order valence-electron chi connectivity index (χ2n) is 8.61. The predicted octanol–water partition coefficient (Wildman–Crippen LogP) is 4.66. The lowest BCUT2D eigenvalue weighted by Gasteiger charge is -2.42. The summed E-state index contributed by atoms with van der Waals surface area (Å²) in [5, 5.41) is 3.58. The summed E-state index contributed by atoms with van der Waals surface area (Å²) in [6.07, 6.45) is 7.66. The van der Waals surface area contributed by atoms with Crippen molar-refractivity contribution in [2.75, 3.05) is 32.8 Å². The predicted molar refractivity (Wildman–Crippen MR) is 116 cm³/mol. The fraction of sp³-hybridized carbons (Fsp3) is 0.520. The number of hydrogen-bond acceptors (Lipinski definition) is 3. The van der Waals surface area contributed by atoms with Crippen LogP contribution in [0.2, 0.25) is 0 Å². The van der Waals surface area contributed by atoms with Crippen molar-refractivity contribution in [3.63, 3.8) is 0 Å². The maximum atomic E-state index is 6.25. The molecule has 1 fully saturated rings. The Kier molecular flexibility index (Phi) is 6.66. The highest BCUT2D eigenvalue weighted by atomic mass is 16.5. The topological polar surface area (TPSA) is 24.5 Å². The Labute approximate surface area is 170 Å². The van der Waals surface area contributed by atoms with Crippen molar-refractivity contribution in [3.8, 4) is 5.75 Å². The lowest BCUT2D eigenvalue weighted by Crippen LogP contribution is -2.45. The molecule has 0 aliphatic carbocycles. The molecule has 2 aliphatic heterocycles. The van der Waals surface area contributed by atoms with E-state index in [1.54, 1.807) is 0 Å². The molecular formula is C25H34N2O. The standard InChI is InChI=1S/C25H34N2O/c1-2-8-22(9-3-1)20-27-18-19-28-24-12-5-4-10-23(24)11-6-7-13-25(21-27)14-16-26-17-15-25/h1-5,8-10,12,26H,6-7,11,13-21H2. The minimum atomic E-state index is 0.457. The van der Waals surface area contributed by atoms with Crippen molar-refractivity contribution >= 4 is 0 Å². The van der Waals surface area contributed by atoms with Gasteiger partial charge in [-0.15, -0.1) is 0 Å². The number of nitrogens with zero attached hydrogens (tertiary/aromatic N) is 1. The van der Waals surface area contributed by atoms with Crippen LogP contribution in [-0.2, 0) is 13.0 Å². The average Bonchev–Trinajstić information content (AvgIpc) is 2.73. The van der Waals surface area contributed by atoms with E-state index in [1.165, 1.54) is 62.9 Å². The van der Waals surface area contributed by atoms with Gasteiger partial charge in [0.2, 0.25) is 0 Å². The summed E-state index contributed by atoms with van der Waals surface area (Å²) >= 11 is 0. The molecule has 4 rings (SSSR count). The van der Waals surface area contributed by atoms with Crippen LogP contribution in [-0.4, -0.2) is 37.7 Å². The third-order valence-corrected chi connectivity index (χ3v) is 6.51. The Balaban J connectivity index is 1.53. The molecule has 150 valence electrons. The van der Waals surface area contributed by atoms with Crippen LogP contribution in [0.25, 0.3) is 0 Å². The maximum absolute atomic E-state index is 6.25. The summed E-state index contributed by atoms with van der Waals surface area (Å²) in [5.41, 5.74) is 3.23. The van der Waals surface area contributed by atoms with Crippen molar-refractivity contribution in [2.45, 2.75) is 45.1 Å². The molecule has 0 radical (unpaired) electrons. The minimum absolute atomic E-state index is 0.457. The molecule has 0 amide bonds. The van der Waals surface area contributed by atoms with Crippen molar-refractivity contribution in [3.05, 3.63) is 65.7 Å². The molecule has 3 heteroatoms. The summed E-state index contributed by atoms with van der Waals surface area (Å²) < 4.78 is 6.25. The highest BCUT2D eigenvalue weighted by Gasteiger charge is 2.33. The zero-order chi connectivity index (χ0) is 19.1. The van der Waals surface area contributed by atoms with Crippen LogP contribution in [0.1, 0.15) is 43.2 Å². The molecule has 2 heterocycles. The molecule has 0 bridgehead atoms. The van der Waals surface area contributed by atoms with Gasteiger partial charge < -0.3 is 10.1 Å². The number of rotatable bonds is 2. The first-order valence-corrected chi connectivity index (χ1v) is 11.0. The number of aryl methyl sites for hydroxylation is 1. The molecule has 1 saturated heterocycles. The summed E-state index contributed by atoms with van der Waals surface area (Å²) in [4.78, 5) is 2.64. The third-order valence-electron chi connectivity index (χ3n) is 6.51. The van der Waals surface area contributed by atoms with E-state index in [0.29, 0.717) is 5.41 Å². The molecule has 0 aromatic heterocycles. The van der Waals surface area contributed by atoms with Crippen LogP contribution in [0.5, 0.6) is 5.75 Å². The highest BCUT2D eigenvalue weighted by Crippen LogP contribution is 2.36. The first-order valence-electron chi connectivity index (χ1n) is 11.0. The van der Waals surface area contributed by atoms with Gasteiger partial charge in [0, 0.05) is 19.6 Å². The van der Waals surface area contributed by atoms with Gasteiger partial charge in [-0.3, -0.25) is 4.90 Å². The van der Waals surface area contributed by atoms with Crippen LogP contribution < -0.4 is 10.1 Å². The molecule has 2 aromatic carbocycles. The number of ether oxygens (including phenoxy) is 1. The summed E-state index contributed by atoms with van der Waals surface area (Å²) in [6.45, 7) is 6.28. The van der Waals surface area contributed by atoms with Crippen LogP contribution in [0.4, 0.5) is 0 Å². The van der Waals surface area contributed by atoms with E-state index in [4.69, 9.17) is 4.74 Å². The fourth-order valence-electron chi connectivity index (χ4n) is 4.93. The van der Waals surface area contributed by atoms with E-state index < -0.39 is 0 Å². The third kappa shape index (κ3) is 5.15. The van der Waals surface area contributed by atoms with Crippen molar-refractivity contribution in [1.29, 1.82) is 0 Å². The van der Waals surface area contributed by atoms with Crippen LogP contribution >= 0.6 is 0 Å². The van der Waals surface area contributed by atoms with Gasteiger partial charge in [-0.2, -0.15) is 0 Å². The van der Waals surface area contributed by atoms with Gasteiger partial charge in [0.15, 0.2) is 0 Å². The number of piperidine rings is 1. The van der Waals surface area contributed by atoms with Gasteiger partial charge in [-0.1, -0.05) is 55.0 Å². The Hall–Kier alpha value is -1.84. The van der Waals surface area contributed by atoms with Gasteiger partial charge in [-0.25, -0.2) is 0 Å². The Bertz CT molecular complexity index is 724. The molecule has 3 nitrogen and oxygen atoms in total. The summed E-state index contributed by atoms with van der Waals surface area (Å²) in [5.74, 6) is 1.08. The first kappa shape index (κ1) is 19.5. The van der Waals surface area contributed by atoms with Crippen molar-refractivity contribution in [1.82, 2.24) is 10.2 Å². The molecular weight excluding hydrogens is 344 g/mol. The SMILES string of the molecule is c1ccc(CN2CCOc3ccccc3CCCCC3(CCNCC3)C2)cc1. The second kappa shape index (κ2) is 9.58. The van der Waals surface area contributed by atoms with Gasteiger partial charge in [0.1, 0.15) is 12.4 Å². The van der Waals surface area contributed by atoms with Crippen LogP contribution in [0.15, 0.2) is 54.6 Å². The molecule has 2 aliphatic rings. The molecule has 0 atom stereocenters. The normalized spacial score (nSPS) is 21.1. The summed E-state index contributed by atoms with van der Waals surface area (Å²) in [7, 11) is 0. The Morgan fingerprint density at radius 2 is 1.68 bits per heavy atom. The van der Waals surface area contributed by atoms with Crippen molar-refractivity contribution < 1.29 is 4.74 Å². The van der Waals surface area contributed by atoms with E-state index in [2.05, 4.69) is 64.8 Å². The van der Waals surface area contributed by atoms with E-state index in [9.17, 15) is 0 Å². The first-order chi connectivity index (χ1) is 13.8. The van der Waals surface area contributed by atoms with Gasteiger partial charge in [0.25, 0.3) is 0 Å². The number of nitrogens with one attached hydrogen (secondary N) is 1. The second-order valence-corrected chi connectivity index (χ2v) is 8.61. The lowest BCUT2D eigenvalue weighted by atomic mass is 9.74. The van der Waals surface area contributed by atoms with Gasteiger partial charge in [-0.05, 0) is 67.8 Å². The number of hydrogen-bond donors (Lipinski definition) is 1. The van der Waals surface area contributed by atoms with Gasteiger partial charge in [0.05, 0.1) is 0 Å². The maximum Gasteiger partial charge on any atom is 0.122 e. The van der Waals surface area contributed by atoms with Crippen LogP contribution in [0.3, 0.4) is 0 Å². The number of para-hydroxylation sites is 1. The molecule has 1 spiro atoms. The molecule has 28 heavy (non-hydrogen) atoms. The minimum Gasteiger partial charge on any atom is -0.492 e. The number of benzene rings is 2. The van der Waals surface area contributed by atoms with Crippen LogP contribution in [0, 0.1) is 5.41 Å². The summed E-state index contributed by atoms with van der Waals surface area (Å²) in [6, 6.07) is 19.5. The molecule has 2 aromatic rings.